The van der Waals surface area contributed by atoms with Gasteiger partial charge in [0, 0.05) is 6.54 Å². The maximum absolute atomic E-state index is 11.7. The van der Waals surface area contributed by atoms with E-state index in [9.17, 15) is 22.0 Å². The first kappa shape index (κ1) is 13.2. The molecule has 0 amide bonds. The molecule has 1 unspecified atom stereocenters. The van der Waals surface area contributed by atoms with E-state index in [0.717, 1.165) is 0 Å². The number of rotatable bonds is 6. The lowest BCUT2D eigenvalue weighted by Gasteiger charge is -2.07. The molecule has 0 aliphatic carbocycles. The summed E-state index contributed by atoms with van der Waals surface area (Å²) >= 11 is 0. The lowest BCUT2D eigenvalue weighted by Crippen LogP contribution is -2.31. The molecular weight excluding hydrogens is 220 g/mol. The molecule has 14 heavy (non-hydrogen) atoms. The number of carbonyl (C=O) groups is 1. The SMILES string of the molecule is CC(CCNS(=O)(=O)C(F)F)C(=O)O. The average Bonchev–Trinajstić information content (AvgIpc) is 2.03. The summed E-state index contributed by atoms with van der Waals surface area (Å²) in [6, 6.07) is 0. The zero-order chi connectivity index (χ0) is 11.4. The quantitative estimate of drug-likeness (QED) is 0.685. The molecule has 0 rings (SSSR count). The lowest BCUT2D eigenvalue weighted by atomic mass is 10.1. The van der Waals surface area contributed by atoms with Gasteiger partial charge in [-0.2, -0.15) is 8.78 Å². The number of aliphatic carboxylic acids is 1. The molecule has 1 atom stereocenters. The van der Waals surface area contributed by atoms with Crippen molar-refractivity contribution in [2.75, 3.05) is 6.54 Å². The monoisotopic (exact) mass is 231 g/mol. The normalized spacial score (nSPS) is 14.3. The molecule has 84 valence electrons. The number of alkyl halides is 2. The van der Waals surface area contributed by atoms with Crippen LogP contribution in [0.4, 0.5) is 8.78 Å². The Bertz CT molecular complexity index is 290. The van der Waals surface area contributed by atoms with Crippen LogP contribution in [-0.4, -0.2) is 31.8 Å². The van der Waals surface area contributed by atoms with Gasteiger partial charge in [-0.05, 0) is 6.42 Å². The van der Waals surface area contributed by atoms with Gasteiger partial charge in [-0.25, -0.2) is 13.1 Å². The number of hydrogen-bond donors (Lipinski definition) is 2. The summed E-state index contributed by atoms with van der Waals surface area (Å²) in [6.07, 6.45) is -0.0265. The Hall–Kier alpha value is -0.760. The van der Waals surface area contributed by atoms with E-state index in [1.807, 2.05) is 0 Å². The van der Waals surface area contributed by atoms with Crippen LogP contribution < -0.4 is 4.72 Å². The molecule has 0 radical (unpaired) electrons. The fourth-order valence-electron chi connectivity index (χ4n) is 0.604. The van der Waals surface area contributed by atoms with Gasteiger partial charge in [-0.3, -0.25) is 4.79 Å². The summed E-state index contributed by atoms with van der Waals surface area (Å²) in [4.78, 5) is 10.3. The highest BCUT2D eigenvalue weighted by Gasteiger charge is 2.23. The van der Waals surface area contributed by atoms with Gasteiger partial charge in [0.2, 0.25) is 0 Å². The highest BCUT2D eigenvalue weighted by atomic mass is 32.2. The third kappa shape index (κ3) is 4.47. The summed E-state index contributed by atoms with van der Waals surface area (Å²) in [5.41, 5.74) is 0. The molecule has 0 bridgehead atoms. The summed E-state index contributed by atoms with van der Waals surface area (Å²) in [5.74, 6) is -5.35. The number of hydrogen-bond acceptors (Lipinski definition) is 3. The van der Waals surface area contributed by atoms with Gasteiger partial charge in [0.15, 0.2) is 0 Å². The van der Waals surface area contributed by atoms with Gasteiger partial charge in [0.05, 0.1) is 5.92 Å². The largest absolute Gasteiger partial charge is 0.481 e. The molecule has 5 nitrogen and oxygen atoms in total. The van der Waals surface area contributed by atoms with Crippen LogP contribution in [0.3, 0.4) is 0 Å². The van der Waals surface area contributed by atoms with Crippen molar-refractivity contribution in [2.24, 2.45) is 5.92 Å². The minimum absolute atomic E-state index is 0.0265. The Morgan fingerprint density at radius 1 is 1.50 bits per heavy atom. The Balaban J connectivity index is 3.92. The fraction of sp³-hybridized carbons (Fsp3) is 0.833. The Kier molecular flexibility index (Phi) is 4.92. The van der Waals surface area contributed by atoms with E-state index in [1.165, 1.54) is 6.92 Å². The molecule has 0 saturated heterocycles. The summed E-state index contributed by atoms with van der Waals surface area (Å²) in [5, 5.41) is 8.40. The molecule has 0 fully saturated rings. The molecule has 0 aliphatic rings. The van der Waals surface area contributed by atoms with Gasteiger partial charge >= 0.3 is 11.7 Å². The zero-order valence-corrected chi connectivity index (χ0v) is 8.22. The van der Waals surface area contributed by atoms with Crippen LogP contribution in [0, 0.1) is 5.92 Å². The van der Waals surface area contributed by atoms with E-state index in [-0.39, 0.29) is 13.0 Å². The average molecular weight is 231 g/mol. The molecule has 2 N–H and O–H groups in total. The second-order valence-electron chi connectivity index (χ2n) is 2.73. The number of halogens is 2. The van der Waals surface area contributed by atoms with Crippen molar-refractivity contribution in [3.8, 4) is 0 Å². The molecule has 0 aromatic carbocycles. The van der Waals surface area contributed by atoms with Crippen LogP contribution in [0.15, 0.2) is 0 Å². The highest BCUT2D eigenvalue weighted by molar-refractivity contribution is 7.89. The Morgan fingerprint density at radius 2 is 2.00 bits per heavy atom. The van der Waals surface area contributed by atoms with Crippen LogP contribution in [0.25, 0.3) is 0 Å². The predicted octanol–water partition coefficient (Wildman–Crippen LogP) is 0.239. The second kappa shape index (κ2) is 5.20. The minimum Gasteiger partial charge on any atom is -0.481 e. The number of carboxylic acids is 1. The van der Waals surface area contributed by atoms with Gasteiger partial charge in [-0.1, -0.05) is 6.92 Å². The molecule has 0 saturated carbocycles. The Morgan fingerprint density at radius 3 is 2.36 bits per heavy atom. The van der Waals surface area contributed by atoms with Crippen molar-refractivity contribution in [3.63, 3.8) is 0 Å². The van der Waals surface area contributed by atoms with E-state index in [2.05, 4.69) is 0 Å². The smallest absolute Gasteiger partial charge is 0.350 e. The van der Waals surface area contributed by atoms with Gasteiger partial charge in [-0.15, -0.1) is 0 Å². The first-order valence-corrected chi connectivity index (χ1v) is 5.31. The summed E-state index contributed by atoms with van der Waals surface area (Å²) in [7, 11) is -4.60. The lowest BCUT2D eigenvalue weighted by molar-refractivity contribution is -0.141. The van der Waals surface area contributed by atoms with Gasteiger partial charge < -0.3 is 5.11 Å². The number of sulfonamides is 1. The molecule has 0 aliphatic heterocycles. The summed E-state index contributed by atoms with van der Waals surface area (Å²) in [6.45, 7) is 1.05. The van der Waals surface area contributed by atoms with Gasteiger partial charge in [0.1, 0.15) is 0 Å². The van der Waals surface area contributed by atoms with Crippen molar-refractivity contribution >= 4 is 16.0 Å². The molecule has 0 spiro atoms. The maximum Gasteiger partial charge on any atom is 0.350 e. The topological polar surface area (TPSA) is 83.5 Å². The van der Waals surface area contributed by atoms with Crippen molar-refractivity contribution in [1.29, 1.82) is 0 Å². The second-order valence-corrected chi connectivity index (χ2v) is 4.46. The van der Waals surface area contributed by atoms with Crippen LogP contribution in [0.2, 0.25) is 0 Å². The van der Waals surface area contributed by atoms with E-state index in [4.69, 9.17) is 5.11 Å². The van der Waals surface area contributed by atoms with Crippen LogP contribution in [0.5, 0.6) is 0 Å². The van der Waals surface area contributed by atoms with E-state index < -0.39 is 27.7 Å². The van der Waals surface area contributed by atoms with Crippen molar-refractivity contribution in [1.82, 2.24) is 4.72 Å². The number of carboxylic acid groups (broad SMARTS) is 1. The van der Waals surface area contributed by atoms with Crippen LogP contribution in [0.1, 0.15) is 13.3 Å². The standard InChI is InChI=1S/C6H11F2NO4S/c1-4(5(10)11)2-3-9-14(12,13)6(7)8/h4,6,9H,2-3H2,1H3,(H,10,11). The first-order valence-electron chi connectivity index (χ1n) is 3.77. The Labute approximate surface area is 80.2 Å². The summed E-state index contributed by atoms with van der Waals surface area (Å²) < 4.78 is 46.0. The molecule has 0 aromatic rings. The van der Waals surface area contributed by atoms with E-state index >= 15 is 0 Å². The molecule has 0 aromatic heterocycles. The first-order chi connectivity index (χ1) is 6.27. The third-order valence-corrected chi connectivity index (χ3v) is 2.61. The predicted molar refractivity (Wildman–Crippen MR) is 44.3 cm³/mol. The highest BCUT2D eigenvalue weighted by Crippen LogP contribution is 2.04. The van der Waals surface area contributed by atoms with Crippen molar-refractivity contribution < 1.29 is 27.1 Å². The maximum atomic E-state index is 11.7. The molecule has 8 heteroatoms. The van der Waals surface area contributed by atoms with E-state index in [1.54, 1.807) is 4.72 Å². The van der Waals surface area contributed by atoms with Crippen molar-refractivity contribution in [3.05, 3.63) is 0 Å². The van der Waals surface area contributed by atoms with Crippen LogP contribution >= 0.6 is 0 Å². The minimum atomic E-state index is -4.60. The fourth-order valence-corrected chi connectivity index (χ4v) is 1.13. The molecule has 0 heterocycles. The number of nitrogens with one attached hydrogen (secondary N) is 1. The van der Waals surface area contributed by atoms with Gasteiger partial charge in [0.25, 0.3) is 10.0 Å². The molecular formula is C6H11F2NO4S. The van der Waals surface area contributed by atoms with E-state index in [0.29, 0.717) is 0 Å². The third-order valence-electron chi connectivity index (χ3n) is 1.54. The zero-order valence-electron chi connectivity index (χ0n) is 7.41. The van der Waals surface area contributed by atoms with Crippen LogP contribution in [-0.2, 0) is 14.8 Å². The van der Waals surface area contributed by atoms with Crippen molar-refractivity contribution in [2.45, 2.75) is 19.1 Å².